The molecule has 0 rings (SSSR count). The van der Waals surface area contributed by atoms with E-state index < -0.39 is 8.56 Å². The fourth-order valence-electron chi connectivity index (χ4n) is 0.822. The van der Waals surface area contributed by atoms with E-state index in [-0.39, 0.29) is 0 Å². The Bertz CT molecular complexity index is 98.7. The summed E-state index contributed by atoms with van der Waals surface area (Å²) in [6.45, 7) is 11.8. The smallest absolute Gasteiger partial charge is 0.334 e. The van der Waals surface area contributed by atoms with E-state index in [1.807, 2.05) is 0 Å². The molecular weight excluding hydrogens is 168 g/mol. The summed E-state index contributed by atoms with van der Waals surface area (Å²) in [7, 11) is -1.88. The molecule has 2 nitrogen and oxygen atoms in total. The first-order valence-corrected chi connectivity index (χ1v) is 7.28. The number of hydrogen-bond donors (Lipinski definition) is 0. The third-order valence-electron chi connectivity index (χ3n) is 1.68. The minimum Gasteiger partial charge on any atom is -0.394 e. The Morgan fingerprint density at radius 3 is 1.75 bits per heavy atom. The summed E-state index contributed by atoms with van der Waals surface area (Å²) in [6, 6.07) is 0.799. The van der Waals surface area contributed by atoms with Gasteiger partial charge < -0.3 is 8.85 Å². The Hall–Kier alpha value is 0.137. The van der Waals surface area contributed by atoms with Crippen molar-refractivity contribution in [3.8, 4) is 0 Å². The molecule has 0 spiro atoms. The van der Waals surface area contributed by atoms with Crippen molar-refractivity contribution in [2.24, 2.45) is 0 Å². The van der Waals surface area contributed by atoms with Gasteiger partial charge in [0.15, 0.2) is 0 Å². The van der Waals surface area contributed by atoms with Crippen LogP contribution in [0.3, 0.4) is 0 Å². The molecule has 0 aromatic heterocycles. The van der Waals surface area contributed by atoms with Crippen LogP contribution in [0.25, 0.3) is 0 Å². The second kappa shape index (κ2) is 6.63. The fourth-order valence-corrected chi connectivity index (χ4v) is 2.47. The lowest BCUT2D eigenvalue weighted by molar-refractivity contribution is 0.176. The molecule has 3 heteroatoms. The molecule has 0 unspecified atom stereocenters. The van der Waals surface area contributed by atoms with E-state index in [0.29, 0.717) is 0 Å². The van der Waals surface area contributed by atoms with Crippen LogP contribution in [-0.2, 0) is 8.85 Å². The van der Waals surface area contributed by atoms with Gasteiger partial charge in [0.1, 0.15) is 0 Å². The van der Waals surface area contributed by atoms with Gasteiger partial charge in [0.05, 0.1) is 0 Å². The van der Waals surface area contributed by atoms with Crippen LogP contribution in [0.2, 0.25) is 12.6 Å². The molecule has 0 aliphatic heterocycles. The van der Waals surface area contributed by atoms with E-state index in [1.54, 1.807) is 0 Å². The van der Waals surface area contributed by atoms with Crippen LogP contribution in [-0.4, -0.2) is 21.8 Å². The fraction of sp³-hybridized carbons (Fsp3) is 0.889. The van der Waals surface area contributed by atoms with Gasteiger partial charge in [-0.05, 0) is 25.4 Å². The zero-order valence-corrected chi connectivity index (χ0v) is 9.56. The van der Waals surface area contributed by atoms with E-state index >= 15 is 0 Å². The van der Waals surface area contributed by atoms with E-state index in [0.717, 1.165) is 32.1 Å². The summed E-state index contributed by atoms with van der Waals surface area (Å²) in [6.07, 6.45) is 2.11. The van der Waals surface area contributed by atoms with Gasteiger partial charge in [0, 0.05) is 13.2 Å². The highest BCUT2D eigenvalue weighted by Gasteiger charge is 2.28. The van der Waals surface area contributed by atoms with Crippen LogP contribution >= 0.6 is 0 Å². The summed E-state index contributed by atoms with van der Waals surface area (Å²) in [5.74, 6) is 0. The normalized spacial score (nSPS) is 12.0. The predicted molar refractivity (Wildman–Crippen MR) is 54.3 cm³/mol. The monoisotopic (exact) mass is 189 g/mol. The standard InChI is InChI=1S/C9H21O2Si/c1-5-8-10-12(4,7-3)11-9-6-2/h3,5-9H2,1-2,4H3. The first kappa shape index (κ1) is 12.1. The van der Waals surface area contributed by atoms with Crippen molar-refractivity contribution in [2.75, 3.05) is 13.2 Å². The summed E-state index contributed by atoms with van der Waals surface area (Å²) in [4.78, 5) is 0. The van der Waals surface area contributed by atoms with Gasteiger partial charge in [-0.3, -0.25) is 0 Å². The van der Waals surface area contributed by atoms with Crippen LogP contribution in [0.15, 0.2) is 0 Å². The van der Waals surface area contributed by atoms with Gasteiger partial charge in [-0.15, -0.1) is 0 Å². The first-order chi connectivity index (χ1) is 5.68. The van der Waals surface area contributed by atoms with Crippen molar-refractivity contribution in [1.82, 2.24) is 0 Å². The van der Waals surface area contributed by atoms with Crippen molar-refractivity contribution in [1.29, 1.82) is 0 Å². The maximum absolute atomic E-state index is 5.68. The van der Waals surface area contributed by atoms with Gasteiger partial charge in [-0.25, -0.2) is 0 Å². The molecule has 0 fully saturated rings. The lowest BCUT2D eigenvalue weighted by atomic mass is 10.5. The molecule has 0 aromatic carbocycles. The highest BCUT2D eigenvalue weighted by molar-refractivity contribution is 6.66. The Morgan fingerprint density at radius 1 is 1.08 bits per heavy atom. The van der Waals surface area contributed by atoms with Crippen molar-refractivity contribution < 1.29 is 8.85 Å². The molecule has 0 aliphatic rings. The van der Waals surface area contributed by atoms with Gasteiger partial charge in [-0.2, -0.15) is 0 Å². The second-order valence-corrected chi connectivity index (χ2v) is 6.43. The van der Waals surface area contributed by atoms with E-state index in [1.165, 1.54) is 0 Å². The molecule has 0 bridgehead atoms. The summed E-state index contributed by atoms with van der Waals surface area (Å²) < 4.78 is 11.4. The molecule has 12 heavy (non-hydrogen) atoms. The van der Waals surface area contributed by atoms with Crippen molar-refractivity contribution in [3.05, 3.63) is 6.92 Å². The summed E-state index contributed by atoms with van der Waals surface area (Å²) >= 11 is 0. The minimum absolute atomic E-state index is 0.799. The average Bonchev–Trinajstić information content (AvgIpc) is 2.11. The predicted octanol–water partition coefficient (Wildman–Crippen LogP) is 2.75. The van der Waals surface area contributed by atoms with Gasteiger partial charge in [0.2, 0.25) is 0 Å². The van der Waals surface area contributed by atoms with Crippen LogP contribution in [0, 0.1) is 6.92 Å². The number of hydrogen-bond acceptors (Lipinski definition) is 2. The molecule has 0 amide bonds. The second-order valence-electron chi connectivity index (χ2n) is 3.08. The molecule has 0 heterocycles. The van der Waals surface area contributed by atoms with Crippen molar-refractivity contribution >= 4 is 8.56 Å². The lowest BCUT2D eigenvalue weighted by Crippen LogP contribution is -2.38. The van der Waals surface area contributed by atoms with Crippen LogP contribution in [0.1, 0.15) is 26.7 Å². The first-order valence-electron chi connectivity index (χ1n) is 4.75. The Labute approximate surface area is 77.5 Å². The zero-order chi connectivity index (χ0) is 9.45. The minimum atomic E-state index is -1.88. The summed E-state index contributed by atoms with van der Waals surface area (Å²) in [5.41, 5.74) is 0. The van der Waals surface area contributed by atoms with Crippen molar-refractivity contribution in [3.63, 3.8) is 0 Å². The average molecular weight is 189 g/mol. The largest absolute Gasteiger partial charge is 0.394 e. The van der Waals surface area contributed by atoms with E-state index in [9.17, 15) is 0 Å². The topological polar surface area (TPSA) is 18.5 Å². The van der Waals surface area contributed by atoms with Crippen LogP contribution in [0.5, 0.6) is 0 Å². The molecule has 0 aliphatic carbocycles. The molecule has 0 N–H and O–H groups in total. The van der Waals surface area contributed by atoms with Crippen LogP contribution < -0.4 is 0 Å². The zero-order valence-electron chi connectivity index (χ0n) is 8.56. The SMILES string of the molecule is [CH2]C[Si](C)(OCCC)OCCC. The highest BCUT2D eigenvalue weighted by atomic mass is 28.4. The number of rotatable bonds is 7. The molecular formula is C9H21O2Si. The third kappa shape index (κ3) is 4.90. The van der Waals surface area contributed by atoms with E-state index in [2.05, 4.69) is 27.3 Å². The highest BCUT2D eigenvalue weighted by Crippen LogP contribution is 2.13. The molecule has 0 saturated carbocycles. The third-order valence-corrected chi connectivity index (χ3v) is 4.21. The molecule has 73 valence electrons. The lowest BCUT2D eigenvalue weighted by Gasteiger charge is -2.25. The molecule has 0 aromatic rings. The van der Waals surface area contributed by atoms with Gasteiger partial charge in [0.25, 0.3) is 0 Å². The molecule has 0 saturated heterocycles. The molecule has 0 atom stereocenters. The van der Waals surface area contributed by atoms with Gasteiger partial charge >= 0.3 is 8.56 Å². The van der Waals surface area contributed by atoms with Crippen LogP contribution in [0.4, 0.5) is 0 Å². The van der Waals surface area contributed by atoms with Gasteiger partial charge in [-0.1, -0.05) is 20.8 Å². The summed E-state index contributed by atoms with van der Waals surface area (Å²) in [5, 5.41) is 0. The maximum atomic E-state index is 5.68. The molecule has 1 radical (unpaired) electrons. The van der Waals surface area contributed by atoms with E-state index in [4.69, 9.17) is 8.85 Å². The quantitative estimate of drug-likeness (QED) is 0.573. The van der Waals surface area contributed by atoms with Crippen molar-refractivity contribution in [2.45, 2.75) is 39.3 Å². The Kier molecular flexibility index (Phi) is 6.71. The Balaban J connectivity index is 3.70. The maximum Gasteiger partial charge on any atom is 0.334 e. The Morgan fingerprint density at radius 2 is 1.50 bits per heavy atom.